The number of hydrogen-bond donors (Lipinski definition) is 4. The number of amides is 2. The van der Waals surface area contributed by atoms with E-state index in [0.29, 0.717) is 28.6 Å². The highest BCUT2D eigenvalue weighted by Crippen LogP contribution is 2.48. The van der Waals surface area contributed by atoms with E-state index in [4.69, 9.17) is 0 Å². The Balaban J connectivity index is 1.32. The number of carbonyl (C=O) groups excluding carboxylic acids is 2. The van der Waals surface area contributed by atoms with Crippen molar-refractivity contribution in [3.63, 3.8) is 0 Å². The van der Waals surface area contributed by atoms with Crippen molar-refractivity contribution in [2.75, 3.05) is 11.9 Å². The first-order chi connectivity index (χ1) is 12.1. The molecule has 2 aliphatic carbocycles. The number of H-pyrrole nitrogens is 2. The summed E-state index contributed by atoms with van der Waals surface area (Å²) in [5.41, 5.74) is 2.83. The lowest BCUT2D eigenvalue weighted by Gasteiger charge is -2.07. The van der Waals surface area contributed by atoms with Crippen molar-refractivity contribution in [3.05, 3.63) is 40.3 Å². The minimum atomic E-state index is -0.307. The molecular weight excluding hydrogens is 320 g/mol. The minimum Gasteiger partial charge on any atom is -0.343 e. The molecule has 4 N–H and O–H groups in total. The Bertz CT molecular complexity index is 902. The molecule has 0 atom stereocenters. The van der Waals surface area contributed by atoms with Crippen LogP contribution in [0.4, 0.5) is 5.69 Å². The molecule has 0 unspecified atom stereocenters. The highest BCUT2D eigenvalue weighted by Gasteiger charge is 2.36. The van der Waals surface area contributed by atoms with E-state index in [1.807, 2.05) is 0 Å². The van der Waals surface area contributed by atoms with Gasteiger partial charge in [-0.05, 0) is 55.7 Å². The van der Waals surface area contributed by atoms with E-state index < -0.39 is 0 Å². The standard InChI is InChI=1S/C18H20N4O3/c23-16(8-13(10-1-2-10)11-3-4-11)19-9-17(24)20-12-5-6-14-15(7-12)22-18(25)21-14/h5-8,10-11H,1-4,9H2,(H,19,23)(H,20,24)(H2,21,22,25). The zero-order valence-electron chi connectivity index (χ0n) is 13.7. The summed E-state index contributed by atoms with van der Waals surface area (Å²) in [6, 6.07) is 5.08. The second-order valence-electron chi connectivity index (χ2n) is 6.80. The van der Waals surface area contributed by atoms with E-state index in [1.54, 1.807) is 24.3 Å². The van der Waals surface area contributed by atoms with Gasteiger partial charge in [0.2, 0.25) is 11.8 Å². The van der Waals surface area contributed by atoms with Crippen LogP contribution in [0.15, 0.2) is 34.6 Å². The number of allylic oxidation sites excluding steroid dienone is 1. The van der Waals surface area contributed by atoms with Crippen molar-refractivity contribution in [3.8, 4) is 0 Å². The van der Waals surface area contributed by atoms with Crippen LogP contribution >= 0.6 is 0 Å². The van der Waals surface area contributed by atoms with Crippen LogP contribution in [-0.4, -0.2) is 28.3 Å². The summed E-state index contributed by atoms with van der Waals surface area (Å²) in [7, 11) is 0. The lowest BCUT2D eigenvalue weighted by molar-refractivity contribution is -0.121. The Morgan fingerprint density at radius 1 is 1.08 bits per heavy atom. The second kappa shape index (κ2) is 6.23. The molecule has 0 saturated heterocycles. The molecule has 7 nitrogen and oxygen atoms in total. The highest BCUT2D eigenvalue weighted by atomic mass is 16.2. The summed E-state index contributed by atoms with van der Waals surface area (Å²) >= 11 is 0. The smallest absolute Gasteiger partial charge is 0.323 e. The van der Waals surface area contributed by atoms with Gasteiger partial charge in [0, 0.05) is 11.8 Å². The maximum atomic E-state index is 12.0. The Labute approximate surface area is 143 Å². The van der Waals surface area contributed by atoms with E-state index in [2.05, 4.69) is 20.6 Å². The average molecular weight is 340 g/mol. The number of fused-ring (bicyclic) bond motifs is 1. The monoisotopic (exact) mass is 340 g/mol. The van der Waals surface area contributed by atoms with Gasteiger partial charge in [-0.2, -0.15) is 0 Å². The Morgan fingerprint density at radius 3 is 2.44 bits per heavy atom. The number of anilines is 1. The normalized spacial score (nSPS) is 16.5. The fourth-order valence-corrected chi connectivity index (χ4v) is 3.09. The Morgan fingerprint density at radius 2 is 1.76 bits per heavy atom. The van der Waals surface area contributed by atoms with Crippen molar-refractivity contribution in [2.45, 2.75) is 25.7 Å². The fourth-order valence-electron chi connectivity index (χ4n) is 3.09. The van der Waals surface area contributed by atoms with Crippen LogP contribution in [-0.2, 0) is 9.59 Å². The van der Waals surface area contributed by atoms with Gasteiger partial charge in [-0.3, -0.25) is 9.59 Å². The molecule has 25 heavy (non-hydrogen) atoms. The lowest BCUT2D eigenvalue weighted by atomic mass is 10.1. The van der Waals surface area contributed by atoms with Crippen molar-refractivity contribution < 1.29 is 9.59 Å². The first-order valence-electron chi connectivity index (χ1n) is 8.60. The molecule has 0 bridgehead atoms. The van der Waals surface area contributed by atoms with E-state index in [-0.39, 0.29) is 24.0 Å². The molecule has 2 saturated carbocycles. The summed E-state index contributed by atoms with van der Waals surface area (Å²) in [6.45, 7) is -0.0837. The van der Waals surface area contributed by atoms with Crippen molar-refractivity contribution in [1.82, 2.24) is 15.3 Å². The predicted octanol–water partition coefficient (Wildman–Crippen LogP) is 1.66. The maximum absolute atomic E-state index is 12.0. The third kappa shape index (κ3) is 3.81. The number of imidazole rings is 1. The van der Waals surface area contributed by atoms with Gasteiger partial charge in [0.25, 0.3) is 0 Å². The summed E-state index contributed by atoms with van der Waals surface area (Å²) in [6.07, 6.45) is 6.42. The zero-order chi connectivity index (χ0) is 17.4. The fraction of sp³-hybridized carbons (Fsp3) is 0.389. The second-order valence-corrected chi connectivity index (χ2v) is 6.80. The third-order valence-electron chi connectivity index (χ3n) is 4.62. The number of benzene rings is 1. The number of aromatic amines is 2. The molecule has 2 amide bonds. The zero-order valence-corrected chi connectivity index (χ0v) is 13.7. The number of carbonyl (C=O) groups is 2. The molecule has 0 radical (unpaired) electrons. The highest BCUT2D eigenvalue weighted by molar-refractivity contribution is 5.97. The molecule has 2 aromatic rings. The van der Waals surface area contributed by atoms with Gasteiger partial charge >= 0.3 is 5.69 Å². The van der Waals surface area contributed by atoms with Crippen LogP contribution in [0, 0.1) is 11.8 Å². The summed E-state index contributed by atoms with van der Waals surface area (Å²) in [5, 5.41) is 5.36. The number of aromatic nitrogens is 2. The van der Waals surface area contributed by atoms with Crippen LogP contribution < -0.4 is 16.3 Å². The lowest BCUT2D eigenvalue weighted by Crippen LogP contribution is -2.32. The van der Waals surface area contributed by atoms with Crippen LogP contribution in [0.1, 0.15) is 25.7 Å². The Hall–Kier alpha value is -2.83. The van der Waals surface area contributed by atoms with E-state index in [0.717, 1.165) is 0 Å². The van der Waals surface area contributed by atoms with E-state index >= 15 is 0 Å². The van der Waals surface area contributed by atoms with Gasteiger partial charge in [-0.1, -0.05) is 5.57 Å². The van der Waals surface area contributed by atoms with E-state index in [1.165, 1.54) is 31.3 Å². The number of rotatable bonds is 6. The molecule has 1 heterocycles. The molecule has 2 fully saturated rings. The van der Waals surface area contributed by atoms with Crippen LogP contribution in [0.5, 0.6) is 0 Å². The summed E-state index contributed by atoms with van der Waals surface area (Å²) in [5.74, 6) is 0.664. The van der Waals surface area contributed by atoms with Gasteiger partial charge in [0.15, 0.2) is 0 Å². The van der Waals surface area contributed by atoms with Gasteiger partial charge in [-0.25, -0.2) is 4.79 Å². The molecule has 0 aliphatic heterocycles. The van der Waals surface area contributed by atoms with Gasteiger partial charge in [-0.15, -0.1) is 0 Å². The van der Waals surface area contributed by atoms with E-state index in [9.17, 15) is 14.4 Å². The van der Waals surface area contributed by atoms with Crippen LogP contribution in [0.3, 0.4) is 0 Å². The quantitative estimate of drug-likeness (QED) is 0.601. The van der Waals surface area contributed by atoms with Crippen LogP contribution in [0.25, 0.3) is 11.0 Å². The van der Waals surface area contributed by atoms with Crippen molar-refractivity contribution in [2.24, 2.45) is 11.8 Å². The summed E-state index contributed by atoms with van der Waals surface area (Å²) < 4.78 is 0. The molecule has 7 heteroatoms. The molecule has 1 aromatic heterocycles. The largest absolute Gasteiger partial charge is 0.343 e. The topological polar surface area (TPSA) is 107 Å². The predicted molar refractivity (Wildman–Crippen MR) is 94.1 cm³/mol. The number of hydrogen-bond acceptors (Lipinski definition) is 3. The van der Waals surface area contributed by atoms with Crippen LogP contribution in [0.2, 0.25) is 0 Å². The van der Waals surface area contributed by atoms with Gasteiger partial charge in [0.1, 0.15) is 0 Å². The molecule has 1 aromatic carbocycles. The SMILES string of the molecule is O=C(C=C(C1CC1)C1CC1)NCC(=O)Nc1ccc2[nH]c(=O)[nH]c2c1. The van der Waals surface area contributed by atoms with Gasteiger partial charge < -0.3 is 20.6 Å². The molecular formula is C18H20N4O3. The summed E-state index contributed by atoms with van der Waals surface area (Å²) in [4.78, 5) is 40.6. The molecule has 4 rings (SSSR count). The third-order valence-corrected chi connectivity index (χ3v) is 4.62. The van der Waals surface area contributed by atoms with Crippen molar-refractivity contribution >= 4 is 28.5 Å². The first-order valence-corrected chi connectivity index (χ1v) is 8.60. The minimum absolute atomic E-state index is 0.0837. The van der Waals surface area contributed by atoms with Crippen molar-refractivity contribution in [1.29, 1.82) is 0 Å². The van der Waals surface area contributed by atoms with Gasteiger partial charge in [0.05, 0.1) is 17.6 Å². The number of nitrogens with one attached hydrogen (secondary N) is 4. The first kappa shape index (κ1) is 15.7. The maximum Gasteiger partial charge on any atom is 0.323 e. The average Bonchev–Trinajstić information content (AvgIpc) is 3.47. The molecule has 130 valence electrons. The Kier molecular flexibility index (Phi) is 3.91. The molecule has 2 aliphatic rings. The molecule has 0 spiro atoms.